The summed E-state index contributed by atoms with van der Waals surface area (Å²) in [5.74, 6) is -2.64. The Hall–Kier alpha value is -1.63. The molecule has 8 nitrogen and oxygen atoms in total. The van der Waals surface area contributed by atoms with E-state index in [1.807, 2.05) is 6.07 Å². The fourth-order valence-electron chi connectivity index (χ4n) is 3.68. The van der Waals surface area contributed by atoms with E-state index >= 15 is 0 Å². The summed E-state index contributed by atoms with van der Waals surface area (Å²) in [6.07, 6.45) is 1.35. The minimum atomic E-state index is -5.08. The number of nitrogens with zero attached hydrogens (tertiary/aromatic N) is 1. The van der Waals surface area contributed by atoms with Crippen molar-refractivity contribution in [3.8, 4) is 0 Å². The van der Waals surface area contributed by atoms with Crippen molar-refractivity contribution in [3.63, 3.8) is 0 Å². The van der Waals surface area contributed by atoms with Crippen molar-refractivity contribution in [2.75, 3.05) is 32.1 Å². The maximum atomic E-state index is 12.0. The zero-order valence-electron chi connectivity index (χ0n) is 16.7. The van der Waals surface area contributed by atoms with Crippen molar-refractivity contribution in [2.45, 2.75) is 44.9 Å². The molecule has 0 saturated carbocycles. The second-order valence-corrected chi connectivity index (χ2v) is 9.51. The number of hydrogen-bond acceptors (Lipinski definition) is 6. The molecule has 172 valence electrons. The lowest BCUT2D eigenvalue weighted by Crippen LogP contribution is -2.57. The molecular formula is C18H27F3N2O6S. The van der Waals surface area contributed by atoms with Crippen LogP contribution in [-0.4, -0.2) is 68.7 Å². The highest BCUT2D eigenvalue weighted by Crippen LogP contribution is 2.41. The highest BCUT2D eigenvalue weighted by molar-refractivity contribution is 7.89. The lowest BCUT2D eigenvalue weighted by Gasteiger charge is -2.49. The molecule has 1 atom stereocenters. The molecule has 2 N–H and O–H groups in total. The van der Waals surface area contributed by atoms with Crippen molar-refractivity contribution in [3.05, 3.63) is 24.2 Å². The minimum Gasteiger partial charge on any atom is -0.475 e. The molecule has 0 amide bonds. The van der Waals surface area contributed by atoms with Gasteiger partial charge in [0.05, 0.1) is 30.9 Å². The van der Waals surface area contributed by atoms with Crippen LogP contribution in [0.5, 0.6) is 0 Å². The topological polar surface area (TPSA) is 109 Å². The van der Waals surface area contributed by atoms with Crippen molar-refractivity contribution < 1.29 is 40.6 Å². The van der Waals surface area contributed by atoms with Crippen LogP contribution in [0.3, 0.4) is 0 Å². The first kappa shape index (κ1) is 24.6. The van der Waals surface area contributed by atoms with E-state index < -0.39 is 22.2 Å². The summed E-state index contributed by atoms with van der Waals surface area (Å²) in [5, 5.41) is 7.12. The number of sulfonamides is 1. The average molecular weight is 456 g/mol. The van der Waals surface area contributed by atoms with Crippen LogP contribution in [0.15, 0.2) is 23.0 Å². The molecule has 0 bridgehead atoms. The molecule has 0 aliphatic carbocycles. The van der Waals surface area contributed by atoms with Crippen LogP contribution in [0.1, 0.15) is 31.7 Å². The molecule has 0 aromatic carbocycles. The molecule has 1 spiro atoms. The van der Waals surface area contributed by atoms with Gasteiger partial charge in [-0.15, -0.1) is 0 Å². The highest BCUT2D eigenvalue weighted by atomic mass is 32.2. The number of rotatable bonds is 5. The SMILES string of the molecule is CCS(=O)(=O)NC1COCCC12CCN(Cc1ccoc1)CC2.O=C(O)C(F)(F)F. The van der Waals surface area contributed by atoms with E-state index in [9.17, 15) is 21.6 Å². The third-order valence-electron chi connectivity index (χ3n) is 5.55. The number of hydrogen-bond donors (Lipinski definition) is 2. The molecule has 2 fully saturated rings. The Balaban J connectivity index is 0.000000396. The molecule has 1 unspecified atom stereocenters. The first-order valence-corrected chi connectivity index (χ1v) is 11.2. The van der Waals surface area contributed by atoms with Gasteiger partial charge in [-0.3, -0.25) is 4.90 Å². The smallest absolute Gasteiger partial charge is 0.475 e. The van der Waals surface area contributed by atoms with Crippen molar-refractivity contribution in [2.24, 2.45) is 5.41 Å². The van der Waals surface area contributed by atoms with Crippen LogP contribution < -0.4 is 4.72 Å². The molecule has 2 aliphatic rings. The quantitative estimate of drug-likeness (QED) is 0.699. The Bertz CT molecular complexity index is 774. The predicted molar refractivity (Wildman–Crippen MR) is 101 cm³/mol. The standard InChI is InChI=1S/C16H26N2O4S.C2HF3O2/c1-2-23(19,20)17-15-13-22-10-6-16(15)4-7-18(8-5-16)11-14-3-9-21-12-14;3-2(4,5)1(6)7/h3,9,12,15,17H,2,4-8,10-11,13H2,1H3;(H,6,7). The molecule has 1 aromatic rings. The zero-order valence-corrected chi connectivity index (χ0v) is 17.5. The fourth-order valence-corrected chi connectivity index (χ4v) is 4.60. The number of carboxylic acids is 1. The number of piperidine rings is 1. The lowest BCUT2D eigenvalue weighted by molar-refractivity contribution is -0.192. The monoisotopic (exact) mass is 456 g/mol. The van der Waals surface area contributed by atoms with E-state index in [0.717, 1.165) is 45.5 Å². The Kier molecular flexibility index (Phi) is 8.31. The number of carboxylic acid groups (broad SMARTS) is 1. The number of aliphatic carboxylic acids is 1. The fraction of sp³-hybridized carbons (Fsp3) is 0.722. The summed E-state index contributed by atoms with van der Waals surface area (Å²) in [5.41, 5.74) is 1.23. The van der Waals surface area contributed by atoms with Crippen LogP contribution >= 0.6 is 0 Å². The predicted octanol–water partition coefficient (Wildman–Crippen LogP) is 2.22. The summed E-state index contributed by atoms with van der Waals surface area (Å²) >= 11 is 0. The normalized spacial score (nSPS) is 22.3. The van der Waals surface area contributed by atoms with Gasteiger partial charge < -0.3 is 14.3 Å². The second kappa shape index (κ2) is 10.1. The number of likely N-dealkylation sites (tertiary alicyclic amines) is 1. The van der Waals surface area contributed by atoms with Crippen molar-refractivity contribution in [1.29, 1.82) is 0 Å². The van der Waals surface area contributed by atoms with Crippen molar-refractivity contribution >= 4 is 16.0 Å². The van der Waals surface area contributed by atoms with Gasteiger partial charge in [-0.25, -0.2) is 17.9 Å². The number of halogens is 3. The molecule has 1 aromatic heterocycles. The van der Waals surface area contributed by atoms with Gasteiger partial charge in [0, 0.05) is 18.7 Å². The van der Waals surface area contributed by atoms with E-state index in [0.29, 0.717) is 6.61 Å². The average Bonchev–Trinajstić information content (AvgIpc) is 3.18. The van der Waals surface area contributed by atoms with E-state index in [4.69, 9.17) is 19.1 Å². The molecule has 2 aliphatic heterocycles. The van der Waals surface area contributed by atoms with Crippen LogP contribution in [0.25, 0.3) is 0 Å². The molecule has 0 radical (unpaired) electrons. The maximum Gasteiger partial charge on any atom is 0.490 e. The third-order valence-corrected chi connectivity index (χ3v) is 6.95. The molecule has 3 heterocycles. The van der Waals surface area contributed by atoms with E-state index in [1.54, 1.807) is 19.5 Å². The van der Waals surface area contributed by atoms with Crippen LogP contribution in [0, 0.1) is 5.41 Å². The minimum absolute atomic E-state index is 0.0351. The third kappa shape index (κ3) is 6.96. The van der Waals surface area contributed by atoms with Gasteiger partial charge >= 0.3 is 12.1 Å². The maximum absolute atomic E-state index is 12.0. The first-order chi connectivity index (χ1) is 14.0. The van der Waals surface area contributed by atoms with Crippen LogP contribution in [-0.2, 0) is 26.1 Å². The number of alkyl halides is 3. The Morgan fingerprint density at radius 3 is 2.47 bits per heavy atom. The largest absolute Gasteiger partial charge is 0.490 e. The summed E-state index contributed by atoms with van der Waals surface area (Å²) in [4.78, 5) is 11.3. The molecular weight excluding hydrogens is 429 g/mol. The van der Waals surface area contributed by atoms with Gasteiger partial charge in [0.1, 0.15) is 0 Å². The molecule has 30 heavy (non-hydrogen) atoms. The Morgan fingerprint density at radius 1 is 1.33 bits per heavy atom. The first-order valence-electron chi connectivity index (χ1n) is 9.59. The van der Waals surface area contributed by atoms with Crippen LogP contribution in [0.2, 0.25) is 0 Å². The van der Waals surface area contributed by atoms with Gasteiger partial charge in [-0.2, -0.15) is 13.2 Å². The van der Waals surface area contributed by atoms with Gasteiger partial charge in [0.2, 0.25) is 10.0 Å². The molecule has 3 rings (SSSR count). The summed E-state index contributed by atoms with van der Waals surface area (Å²) in [7, 11) is -3.21. The molecule has 2 saturated heterocycles. The Labute approximate surface area is 173 Å². The Morgan fingerprint density at radius 2 is 1.97 bits per heavy atom. The highest BCUT2D eigenvalue weighted by Gasteiger charge is 2.44. The summed E-state index contributed by atoms with van der Waals surface area (Å²) in [6, 6.07) is 1.90. The van der Waals surface area contributed by atoms with Crippen LogP contribution in [0.4, 0.5) is 13.2 Å². The summed E-state index contributed by atoms with van der Waals surface area (Å²) in [6.45, 7) is 5.75. The number of nitrogens with one attached hydrogen (secondary N) is 1. The lowest BCUT2D eigenvalue weighted by atomic mass is 9.69. The molecule has 12 heteroatoms. The zero-order chi connectivity index (χ0) is 22.4. The number of furan rings is 1. The number of carbonyl (C=O) groups is 1. The van der Waals surface area contributed by atoms with Crippen molar-refractivity contribution in [1.82, 2.24) is 9.62 Å². The van der Waals surface area contributed by atoms with E-state index in [-0.39, 0.29) is 17.2 Å². The number of ether oxygens (including phenoxy) is 1. The van der Waals surface area contributed by atoms with Gasteiger partial charge in [0.25, 0.3) is 0 Å². The van der Waals surface area contributed by atoms with Gasteiger partial charge in [-0.1, -0.05) is 0 Å². The van der Waals surface area contributed by atoms with E-state index in [2.05, 4.69) is 9.62 Å². The van der Waals surface area contributed by atoms with Gasteiger partial charge in [-0.05, 0) is 50.8 Å². The summed E-state index contributed by atoms with van der Waals surface area (Å²) < 4.78 is 69.3. The van der Waals surface area contributed by atoms with Gasteiger partial charge in [0.15, 0.2) is 0 Å². The van der Waals surface area contributed by atoms with E-state index in [1.165, 1.54) is 5.56 Å². The second-order valence-electron chi connectivity index (χ2n) is 7.47.